The van der Waals surface area contributed by atoms with Gasteiger partial charge in [0.25, 0.3) is 0 Å². The van der Waals surface area contributed by atoms with Gasteiger partial charge in [0, 0.05) is 13.1 Å². The Bertz CT molecular complexity index is 407. The molecule has 0 N–H and O–H groups in total. The van der Waals surface area contributed by atoms with Gasteiger partial charge in [0.05, 0.1) is 18.3 Å². The molecule has 1 saturated carbocycles. The van der Waals surface area contributed by atoms with Gasteiger partial charge in [-0.05, 0) is 26.2 Å². The molecule has 0 aromatic carbocycles. The summed E-state index contributed by atoms with van der Waals surface area (Å²) in [5.41, 5.74) is 0. The van der Waals surface area contributed by atoms with E-state index in [9.17, 15) is 13.2 Å². The Labute approximate surface area is 116 Å². The summed E-state index contributed by atoms with van der Waals surface area (Å²) in [7, 11) is -0.505. The Morgan fingerprint density at radius 1 is 1.42 bits per heavy atom. The number of carbonyl (C=O) groups is 1. The van der Waals surface area contributed by atoms with Crippen molar-refractivity contribution in [1.29, 1.82) is 0 Å². The molecule has 1 fully saturated rings. The summed E-state index contributed by atoms with van der Waals surface area (Å²) in [6, 6.07) is -0.0334. The van der Waals surface area contributed by atoms with Crippen LogP contribution < -0.4 is 0 Å². The molecule has 1 rings (SSSR count). The average molecular weight is 291 g/mol. The highest BCUT2D eigenvalue weighted by molar-refractivity contribution is 7.89. The molecular weight excluding hydrogens is 266 g/mol. The predicted molar refractivity (Wildman–Crippen MR) is 74.2 cm³/mol. The minimum Gasteiger partial charge on any atom is -0.469 e. The van der Waals surface area contributed by atoms with Gasteiger partial charge < -0.3 is 4.74 Å². The maximum absolute atomic E-state index is 12.6. The molecule has 6 heteroatoms. The molecule has 0 heterocycles. The monoisotopic (exact) mass is 291 g/mol. The molecule has 0 spiro atoms. The van der Waals surface area contributed by atoms with Crippen molar-refractivity contribution in [2.45, 2.75) is 57.2 Å². The van der Waals surface area contributed by atoms with Crippen molar-refractivity contribution in [3.8, 4) is 0 Å². The van der Waals surface area contributed by atoms with E-state index in [4.69, 9.17) is 4.74 Å². The number of rotatable bonds is 6. The van der Waals surface area contributed by atoms with E-state index in [1.165, 1.54) is 11.4 Å². The van der Waals surface area contributed by atoms with E-state index in [0.717, 1.165) is 19.3 Å². The molecule has 5 nitrogen and oxygen atoms in total. The van der Waals surface area contributed by atoms with Gasteiger partial charge in [-0.25, -0.2) is 12.7 Å². The van der Waals surface area contributed by atoms with Crippen molar-refractivity contribution in [1.82, 2.24) is 4.31 Å². The van der Waals surface area contributed by atoms with Crippen LogP contribution in [0.4, 0.5) is 0 Å². The van der Waals surface area contributed by atoms with E-state index in [2.05, 4.69) is 0 Å². The number of esters is 1. The van der Waals surface area contributed by atoms with E-state index in [1.807, 2.05) is 13.8 Å². The maximum atomic E-state index is 12.6. The summed E-state index contributed by atoms with van der Waals surface area (Å²) >= 11 is 0. The van der Waals surface area contributed by atoms with Crippen LogP contribution in [0.15, 0.2) is 0 Å². The second kappa shape index (κ2) is 6.70. The first-order chi connectivity index (χ1) is 8.86. The molecule has 3 atom stereocenters. The molecule has 0 radical (unpaired) electrons. The number of nitrogens with zero attached hydrogens (tertiary/aromatic N) is 1. The number of methoxy groups -OCH3 is 1. The van der Waals surface area contributed by atoms with Gasteiger partial charge >= 0.3 is 5.97 Å². The van der Waals surface area contributed by atoms with Crippen molar-refractivity contribution in [3.05, 3.63) is 0 Å². The number of carbonyl (C=O) groups excluding carboxylic acids is 1. The van der Waals surface area contributed by atoms with Crippen LogP contribution in [0.2, 0.25) is 0 Å². The molecule has 0 amide bonds. The van der Waals surface area contributed by atoms with Gasteiger partial charge in [-0.15, -0.1) is 0 Å². The van der Waals surface area contributed by atoms with Crippen molar-refractivity contribution in [3.63, 3.8) is 0 Å². The molecule has 0 bridgehead atoms. The van der Waals surface area contributed by atoms with Crippen LogP contribution >= 0.6 is 0 Å². The zero-order chi connectivity index (χ0) is 14.6. The quantitative estimate of drug-likeness (QED) is 0.700. The lowest BCUT2D eigenvalue weighted by Crippen LogP contribution is -2.44. The molecule has 3 unspecified atom stereocenters. The first-order valence-corrected chi connectivity index (χ1v) is 8.41. The molecule has 19 heavy (non-hydrogen) atoms. The number of ether oxygens (including phenoxy) is 1. The summed E-state index contributed by atoms with van der Waals surface area (Å²) in [6.45, 7) is 3.94. The first-order valence-electron chi connectivity index (χ1n) is 6.90. The van der Waals surface area contributed by atoms with Crippen molar-refractivity contribution >= 4 is 16.0 Å². The van der Waals surface area contributed by atoms with Gasteiger partial charge in [0.1, 0.15) is 0 Å². The lowest BCUT2D eigenvalue weighted by molar-refractivity contribution is -0.145. The fourth-order valence-corrected chi connectivity index (χ4v) is 4.93. The fraction of sp³-hybridized carbons (Fsp3) is 0.923. The Kier molecular flexibility index (Phi) is 5.80. The largest absolute Gasteiger partial charge is 0.469 e. The summed E-state index contributed by atoms with van der Waals surface area (Å²) in [5.74, 6) is -0.908. The lowest BCUT2D eigenvalue weighted by Gasteiger charge is -2.29. The zero-order valence-corrected chi connectivity index (χ0v) is 13.1. The molecule has 0 aromatic rings. The van der Waals surface area contributed by atoms with Gasteiger partial charge in [-0.3, -0.25) is 4.79 Å². The third-order valence-electron chi connectivity index (χ3n) is 4.07. The lowest BCUT2D eigenvalue weighted by atomic mass is 10.1. The van der Waals surface area contributed by atoms with Crippen LogP contribution in [0.25, 0.3) is 0 Å². The van der Waals surface area contributed by atoms with E-state index < -0.39 is 27.2 Å². The van der Waals surface area contributed by atoms with Crippen molar-refractivity contribution < 1.29 is 17.9 Å². The van der Waals surface area contributed by atoms with Gasteiger partial charge in [-0.2, -0.15) is 0 Å². The van der Waals surface area contributed by atoms with Crippen LogP contribution in [-0.2, 0) is 19.6 Å². The van der Waals surface area contributed by atoms with Crippen LogP contribution in [-0.4, -0.2) is 44.1 Å². The molecule has 0 aromatic heterocycles. The molecule has 1 aliphatic carbocycles. The number of hydrogen-bond acceptors (Lipinski definition) is 4. The first kappa shape index (κ1) is 16.4. The Hall–Kier alpha value is -0.620. The van der Waals surface area contributed by atoms with Gasteiger partial charge in [0.15, 0.2) is 0 Å². The summed E-state index contributed by atoms with van der Waals surface area (Å²) < 4.78 is 31.4. The third-order valence-corrected chi connectivity index (χ3v) is 6.56. The summed E-state index contributed by atoms with van der Waals surface area (Å²) in [6.07, 6.45) is 3.68. The minimum absolute atomic E-state index is 0.0334. The van der Waals surface area contributed by atoms with Crippen LogP contribution in [0.5, 0.6) is 0 Å². The second-order valence-corrected chi connectivity index (χ2v) is 7.51. The third kappa shape index (κ3) is 3.48. The van der Waals surface area contributed by atoms with Gasteiger partial charge in [0.2, 0.25) is 10.0 Å². The van der Waals surface area contributed by atoms with E-state index in [0.29, 0.717) is 12.8 Å². The molecule has 112 valence electrons. The highest BCUT2D eigenvalue weighted by Gasteiger charge is 2.44. The van der Waals surface area contributed by atoms with Crippen LogP contribution in [0.3, 0.4) is 0 Å². The van der Waals surface area contributed by atoms with Crippen molar-refractivity contribution in [2.75, 3.05) is 14.2 Å². The van der Waals surface area contributed by atoms with Gasteiger partial charge in [-0.1, -0.05) is 19.8 Å². The zero-order valence-electron chi connectivity index (χ0n) is 12.3. The second-order valence-electron chi connectivity index (χ2n) is 5.30. The number of hydrogen-bond donors (Lipinski definition) is 0. The minimum atomic E-state index is -3.43. The maximum Gasteiger partial charge on any atom is 0.310 e. The Morgan fingerprint density at radius 3 is 2.58 bits per heavy atom. The SMILES string of the molecule is CCCC(C)N(C)S(=O)(=O)C1CCCC1C(=O)OC. The standard InChI is InChI=1S/C13H25NO4S/c1-5-7-10(2)14(3)19(16,17)12-9-6-8-11(12)13(15)18-4/h10-12H,5-9H2,1-4H3. The Morgan fingerprint density at radius 2 is 2.05 bits per heavy atom. The predicted octanol–water partition coefficient (Wildman–Crippen LogP) is 1.78. The van der Waals surface area contributed by atoms with Crippen molar-refractivity contribution in [2.24, 2.45) is 5.92 Å². The smallest absolute Gasteiger partial charge is 0.310 e. The summed E-state index contributed by atoms with van der Waals surface area (Å²) in [4.78, 5) is 11.7. The normalized spacial score (nSPS) is 25.5. The molecular formula is C13H25NO4S. The average Bonchev–Trinajstić information content (AvgIpc) is 2.87. The number of sulfonamides is 1. The topological polar surface area (TPSA) is 63.7 Å². The fourth-order valence-electron chi connectivity index (χ4n) is 2.77. The van der Waals surface area contributed by atoms with Crippen LogP contribution in [0, 0.1) is 5.92 Å². The van der Waals surface area contributed by atoms with E-state index >= 15 is 0 Å². The summed E-state index contributed by atoms with van der Waals surface area (Å²) in [5, 5.41) is -0.621. The van der Waals surface area contributed by atoms with E-state index in [1.54, 1.807) is 7.05 Å². The highest BCUT2D eigenvalue weighted by atomic mass is 32.2. The molecule has 0 aliphatic heterocycles. The highest BCUT2D eigenvalue weighted by Crippen LogP contribution is 2.34. The van der Waals surface area contributed by atoms with E-state index in [-0.39, 0.29) is 6.04 Å². The van der Waals surface area contributed by atoms with Crippen LogP contribution in [0.1, 0.15) is 46.0 Å². The molecule has 1 aliphatic rings. The molecule has 0 saturated heterocycles. The Balaban J connectivity index is 2.89.